The second-order valence-electron chi connectivity index (χ2n) is 4.48. The second kappa shape index (κ2) is 4.96. The molecule has 92 valence electrons. The molecular weight excluding hydrogens is 231 g/mol. The van der Waals surface area contributed by atoms with Crippen LogP contribution in [-0.2, 0) is 6.54 Å². The van der Waals surface area contributed by atoms with Crippen LogP contribution in [0.15, 0.2) is 24.3 Å². The van der Waals surface area contributed by atoms with Crippen molar-refractivity contribution in [2.75, 3.05) is 0 Å². The van der Waals surface area contributed by atoms with Gasteiger partial charge in [-0.2, -0.15) is 5.26 Å². The summed E-state index contributed by atoms with van der Waals surface area (Å²) in [6.07, 6.45) is 0. The summed E-state index contributed by atoms with van der Waals surface area (Å²) >= 11 is 0. The van der Waals surface area contributed by atoms with Gasteiger partial charge in [0, 0.05) is 12.1 Å². The molecule has 0 fully saturated rings. The number of nitrogens with zero attached hydrogens (tertiary/aromatic N) is 4. The highest BCUT2D eigenvalue weighted by atomic mass is 19.1. The molecule has 5 heteroatoms. The molecule has 0 aliphatic heterocycles. The number of hydrogen-bond acceptors (Lipinski definition) is 3. The fraction of sp³-hybridized carbons (Fsp3) is 0.308. The molecule has 1 aromatic heterocycles. The SMILES string of the molecule is CC(C)Cn1nnc(C#N)c1-c1cccc(F)c1. The Labute approximate surface area is 105 Å². The first-order valence-electron chi connectivity index (χ1n) is 5.71. The molecule has 2 rings (SSSR count). The first-order chi connectivity index (χ1) is 8.61. The lowest BCUT2D eigenvalue weighted by molar-refractivity contribution is 0.475. The zero-order valence-corrected chi connectivity index (χ0v) is 10.3. The van der Waals surface area contributed by atoms with Crippen LogP contribution in [0.25, 0.3) is 11.3 Å². The Morgan fingerprint density at radius 3 is 2.83 bits per heavy atom. The van der Waals surface area contributed by atoms with Crippen molar-refractivity contribution in [1.82, 2.24) is 15.0 Å². The van der Waals surface area contributed by atoms with Crippen LogP contribution >= 0.6 is 0 Å². The van der Waals surface area contributed by atoms with Gasteiger partial charge < -0.3 is 0 Å². The minimum atomic E-state index is -0.339. The van der Waals surface area contributed by atoms with Gasteiger partial charge in [0.1, 0.15) is 17.6 Å². The smallest absolute Gasteiger partial charge is 0.190 e. The Balaban J connectivity index is 2.54. The number of nitriles is 1. The van der Waals surface area contributed by atoms with Crippen LogP contribution < -0.4 is 0 Å². The average molecular weight is 244 g/mol. The van der Waals surface area contributed by atoms with E-state index in [9.17, 15) is 4.39 Å². The first-order valence-corrected chi connectivity index (χ1v) is 5.71. The molecule has 0 bridgehead atoms. The minimum Gasteiger partial charge on any atom is -0.243 e. The quantitative estimate of drug-likeness (QED) is 0.833. The van der Waals surface area contributed by atoms with Gasteiger partial charge in [0.05, 0.1) is 0 Å². The summed E-state index contributed by atoms with van der Waals surface area (Å²) in [7, 11) is 0. The monoisotopic (exact) mass is 244 g/mol. The van der Waals surface area contributed by atoms with Crippen LogP contribution in [-0.4, -0.2) is 15.0 Å². The van der Waals surface area contributed by atoms with E-state index in [2.05, 4.69) is 10.3 Å². The van der Waals surface area contributed by atoms with Crippen molar-refractivity contribution in [3.63, 3.8) is 0 Å². The van der Waals surface area contributed by atoms with Gasteiger partial charge in [-0.1, -0.05) is 31.2 Å². The van der Waals surface area contributed by atoms with E-state index >= 15 is 0 Å². The highest BCUT2D eigenvalue weighted by molar-refractivity contribution is 5.64. The van der Waals surface area contributed by atoms with Crippen molar-refractivity contribution in [3.8, 4) is 17.3 Å². The van der Waals surface area contributed by atoms with Crippen molar-refractivity contribution in [3.05, 3.63) is 35.8 Å². The number of aromatic nitrogens is 3. The Morgan fingerprint density at radius 2 is 2.22 bits per heavy atom. The summed E-state index contributed by atoms with van der Waals surface area (Å²) in [4.78, 5) is 0. The number of hydrogen-bond donors (Lipinski definition) is 0. The van der Waals surface area contributed by atoms with Crippen LogP contribution in [0, 0.1) is 23.1 Å². The lowest BCUT2D eigenvalue weighted by atomic mass is 10.1. The maximum atomic E-state index is 13.3. The minimum absolute atomic E-state index is 0.223. The third kappa shape index (κ3) is 2.38. The van der Waals surface area contributed by atoms with E-state index in [1.165, 1.54) is 12.1 Å². The lowest BCUT2D eigenvalue weighted by Gasteiger charge is -2.08. The van der Waals surface area contributed by atoms with E-state index in [4.69, 9.17) is 5.26 Å². The molecule has 0 amide bonds. The molecule has 0 saturated carbocycles. The summed E-state index contributed by atoms with van der Waals surface area (Å²) in [5.41, 5.74) is 1.42. The third-order valence-corrected chi connectivity index (χ3v) is 2.48. The Bertz CT molecular complexity index is 595. The van der Waals surface area contributed by atoms with Crippen LogP contribution in [0.2, 0.25) is 0 Å². The van der Waals surface area contributed by atoms with Crippen LogP contribution in [0.4, 0.5) is 4.39 Å². The summed E-state index contributed by atoms with van der Waals surface area (Å²) in [6.45, 7) is 4.73. The Morgan fingerprint density at radius 1 is 1.44 bits per heavy atom. The zero-order valence-electron chi connectivity index (χ0n) is 10.3. The average Bonchev–Trinajstić information content (AvgIpc) is 2.71. The molecule has 0 atom stereocenters. The molecule has 0 N–H and O–H groups in total. The number of benzene rings is 1. The lowest BCUT2D eigenvalue weighted by Crippen LogP contribution is -2.08. The van der Waals surface area contributed by atoms with Gasteiger partial charge in [0.15, 0.2) is 5.69 Å². The van der Waals surface area contributed by atoms with Gasteiger partial charge in [0.25, 0.3) is 0 Å². The largest absolute Gasteiger partial charge is 0.243 e. The molecule has 0 unspecified atom stereocenters. The molecule has 0 aliphatic carbocycles. The van der Waals surface area contributed by atoms with Crippen molar-refractivity contribution >= 4 is 0 Å². The van der Waals surface area contributed by atoms with E-state index in [1.54, 1.807) is 16.8 Å². The number of rotatable bonds is 3. The van der Waals surface area contributed by atoms with E-state index in [1.807, 2.05) is 19.9 Å². The number of halogens is 1. The fourth-order valence-corrected chi connectivity index (χ4v) is 1.78. The molecule has 0 radical (unpaired) electrons. The molecule has 18 heavy (non-hydrogen) atoms. The van der Waals surface area contributed by atoms with Crippen LogP contribution in [0.3, 0.4) is 0 Å². The maximum Gasteiger partial charge on any atom is 0.190 e. The van der Waals surface area contributed by atoms with Crippen LogP contribution in [0.1, 0.15) is 19.5 Å². The Hall–Kier alpha value is -2.22. The third-order valence-electron chi connectivity index (χ3n) is 2.48. The van der Waals surface area contributed by atoms with E-state index in [0.29, 0.717) is 23.7 Å². The predicted molar refractivity (Wildman–Crippen MR) is 65.0 cm³/mol. The topological polar surface area (TPSA) is 54.5 Å². The van der Waals surface area contributed by atoms with Crippen molar-refractivity contribution < 1.29 is 4.39 Å². The fourth-order valence-electron chi connectivity index (χ4n) is 1.78. The molecule has 0 spiro atoms. The zero-order chi connectivity index (χ0) is 13.1. The summed E-state index contributed by atoms with van der Waals surface area (Å²) in [5, 5.41) is 16.8. The van der Waals surface area contributed by atoms with Crippen molar-refractivity contribution in [2.24, 2.45) is 5.92 Å². The van der Waals surface area contributed by atoms with E-state index < -0.39 is 0 Å². The maximum absolute atomic E-state index is 13.3. The van der Waals surface area contributed by atoms with Gasteiger partial charge in [0.2, 0.25) is 0 Å². The first kappa shape index (κ1) is 12.2. The molecule has 0 saturated heterocycles. The molecule has 1 aromatic carbocycles. The van der Waals surface area contributed by atoms with E-state index in [-0.39, 0.29) is 11.5 Å². The standard InChI is InChI=1S/C13H13FN4/c1-9(2)8-18-13(12(7-15)16-17-18)10-4-3-5-11(14)6-10/h3-6,9H,8H2,1-2H3. The van der Waals surface area contributed by atoms with Crippen LogP contribution in [0.5, 0.6) is 0 Å². The molecular formula is C13H13FN4. The van der Waals surface area contributed by atoms with E-state index in [0.717, 1.165) is 0 Å². The highest BCUT2D eigenvalue weighted by Gasteiger charge is 2.15. The summed E-state index contributed by atoms with van der Waals surface area (Å²) < 4.78 is 14.9. The van der Waals surface area contributed by atoms with Gasteiger partial charge in [-0.3, -0.25) is 0 Å². The molecule has 0 aliphatic rings. The van der Waals surface area contributed by atoms with Crippen molar-refractivity contribution in [1.29, 1.82) is 5.26 Å². The highest BCUT2D eigenvalue weighted by Crippen LogP contribution is 2.23. The van der Waals surface area contributed by atoms with Gasteiger partial charge >= 0.3 is 0 Å². The second-order valence-corrected chi connectivity index (χ2v) is 4.48. The van der Waals surface area contributed by atoms with Gasteiger partial charge in [-0.05, 0) is 18.1 Å². The predicted octanol–water partition coefficient (Wildman–Crippen LogP) is 2.61. The Kier molecular flexibility index (Phi) is 3.38. The molecule has 2 aromatic rings. The summed E-state index contributed by atoms with van der Waals surface area (Å²) in [5.74, 6) is 0.0271. The molecule has 1 heterocycles. The van der Waals surface area contributed by atoms with Gasteiger partial charge in [-0.25, -0.2) is 9.07 Å². The van der Waals surface area contributed by atoms with Crippen molar-refractivity contribution in [2.45, 2.75) is 20.4 Å². The summed E-state index contributed by atoms with van der Waals surface area (Å²) in [6, 6.07) is 8.10. The normalized spacial score (nSPS) is 10.6. The van der Waals surface area contributed by atoms with Gasteiger partial charge in [-0.15, -0.1) is 5.10 Å². The molecule has 4 nitrogen and oxygen atoms in total.